The van der Waals surface area contributed by atoms with Gasteiger partial charge in [-0.1, -0.05) is 6.07 Å². The summed E-state index contributed by atoms with van der Waals surface area (Å²) in [4.78, 5) is 13.5. The molecule has 1 saturated heterocycles. The van der Waals surface area contributed by atoms with E-state index in [1.807, 2.05) is 4.90 Å². The fourth-order valence-electron chi connectivity index (χ4n) is 3.69. The van der Waals surface area contributed by atoms with Crippen LogP contribution >= 0.6 is 0 Å². The van der Waals surface area contributed by atoms with Gasteiger partial charge in [0.15, 0.2) is 11.5 Å². The Kier molecular flexibility index (Phi) is 5.45. The summed E-state index contributed by atoms with van der Waals surface area (Å²) >= 11 is 0. The van der Waals surface area contributed by atoms with Gasteiger partial charge in [0, 0.05) is 46.0 Å². The van der Waals surface area contributed by atoms with Crippen molar-refractivity contribution in [2.75, 3.05) is 39.5 Å². The molecule has 162 valence electrons. The number of piperazine rings is 1. The SMILES string of the molecule is Cn1cc(S(=O)(=O)N2CCN(C[C@H](O)c3ccc4c(c3)OCO4)CC2)cc1C(N)=O. The van der Waals surface area contributed by atoms with Crippen LogP contribution in [0, 0.1) is 0 Å². The molecule has 1 aromatic carbocycles. The van der Waals surface area contributed by atoms with Crippen molar-refractivity contribution in [3.05, 3.63) is 41.7 Å². The van der Waals surface area contributed by atoms with Gasteiger partial charge in [0.2, 0.25) is 16.8 Å². The summed E-state index contributed by atoms with van der Waals surface area (Å²) in [7, 11) is -2.15. The highest BCUT2D eigenvalue weighted by molar-refractivity contribution is 7.89. The molecule has 1 atom stereocenters. The number of hydrogen-bond acceptors (Lipinski definition) is 7. The van der Waals surface area contributed by atoms with Gasteiger partial charge in [0.05, 0.1) is 6.10 Å². The molecule has 4 rings (SSSR count). The summed E-state index contributed by atoms with van der Waals surface area (Å²) in [6, 6.07) is 6.63. The molecular formula is C19H24N4O6S. The molecule has 0 bridgehead atoms. The van der Waals surface area contributed by atoms with E-state index in [-0.39, 0.29) is 30.5 Å². The smallest absolute Gasteiger partial charge is 0.265 e. The molecule has 3 N–H and O–H groups in total. The fraction of sp³-hybridized carbons (Fsp3) is 0.421. The summed E-state index contributed by atoms with van der Waals surface area (Å²) in [6.07, 6.45) is 0.667. The number of aliphatic hydroxyl groups excluding tert-OH is 1. The number of rotatable bonds is 6. The van der Waals surface area contributed by atoms with Crippen LogP contribution in [0.3, 0.4) is 0 Å². The van der Waals surface area contributed by atoms with Gasteiger partial charge in [-0.05, 0) is 23.8 Å². The van der Waals surface area contributed by atoms with Crippen LogP contribution in [0.1, 0.15) is 22.2 Å². The van der Waals surface area contributed by atoms with Gasteiger partial charge < -0.3 is 24.9 Å². The molecule has 2 aliphatic rings. The average molecular weight is 436 g/mol. The highest BCUT2D eigenvalue weighted by Crippen LogP contribution is 2.34. The van der Waals surface area contributed by atoms with Crippen molar-refractivity contribution in [3.8, 4) is 11.5 Å². The number of carbonyl (C=O) groups excluding carboxylic acids is 1. The molecular weight excluding hydrogens is 412 g/mol. The minimum absolute atomic E-state index is 0.0487. The number of nitrogens with zero attached hydrogens (tertiary/aromatic N) is 3. The number of hydrogen-bond donors (Lipinski definition) is 2. The zero-order valence-corrected chi connectivity index (χ0v) is 17.3. The maximum Gasteiger partial charge on any atom is 0.265 e. The summed E-state index contributed by atoms with van der Waals surface area (Å²) in [5.74, 6) is 0.590. The molecule has 2 aliphatic heterocycles. The second-order valence-corrected chi connectivity index (χ2v) is 9.31. The van der Waals surface area contributed by atoms with Crippen LogP contribution in [-0.2, 0) is 17.1 Å². The second-order valence-electron chi connectivity index (χ2n) is 7.37. The predicted molar refractivity (Wildman–Crippen MR) is 107 cm³/mol. The molecule has 10 nitrogen and oxygen atoms in total. The molecule has 0 radical (unpaired) electrons. The van der Waals surface area contributed by atoms with E-state index in [1.165, 1.54) is 21.1 Å². The van der Waals surface area contributed by atoms with Crippen molar-refractivity contribution in [1.82, 2.24) is 13.8 Å². The number of fused-ring (bicyclic) bond motifs is 1. The van der Waals surface area contributed by atoms with Gasteiger partial charge in [-0.3, -0.25) is 9.69 Å². The van der Waals surface area contributed by atoms with Gasteiger partial charge in [0.1, 0.15) is 10.6 Å². The average Bonchev–Trinajstić information content (AvgIpc) is 3.34. The Bertz CT molecular complexity index is 1060. The number of aromatic nitrogens is 1. The molecule has 0 saturated carbocycles. The third kappa shape index (κ3) is 3.88. The summed E-state index contributed by atoms with van der Waals surface area (Å²) in [5.41, 5.74) is 6.14. The lowest BCUT2D eigenvalue weighted by Crippen LogP contribution is -2.49. The first-order chi connectivity index (χ1) is 14.3. The molecule has 11 heteroatoms. The number of sulfonamides is 1. The van der Waals surface area contributed by atoms with Gasteiger partial charge in [-0.25, -0.2) is 8.42 Å². The van der Waals surface area contributed by atoms with Gasteiger partial charge in [0.25, 0.3) is 5.91 Å². The highest BCUT2D eigenvalue weighted by atomic mass is 32.2. The van der Waals surface area contributed by atoms with Crippen LogP contribution in [0.4, 0.5) is 0 Å². The molecule has 2 aromatic rings. The molecule has 0 spiro atoms. The van der Waals surface area contributed by atoms with Crippen LogP contribution < -0.4 is 15.2 Å². The number of amides is 1. The Morgan fingerprint density at radius 2 is 1.87 bits per heavy atom. The second kappa shape index (κ2) is 7.91. The summed E-state index contributed by atoms with van der Waals surface area (Å²) < 4.78 is 39.2. The van der Waals surface area contributed by atoms with Crippen LogP contribution in [0.2, 0.25) is 0 Å². The summed E-state index contributed by atoms with van der Waals surface area (Å²) in [5, 5.41) is 10.6. The van der Waals surface area contributed by atoms with E-state index in [0.29, 0.717) is 31.1 Å². The van der Waals surface area contributed by atoms with Crippen molar-refractivity contribution in [2.24, 2.45) is 12.8 Å². The summed E-state index contributed by atoms with van der Waals surface area (Å²) in [6.45, 7) is 2.10. The van der Waals surface area contributed by atoms with Gasteiger partial charge in [-0.15, -0.1) is 0 Å². The zero-order valence-electron chi connectivity index (χ0n) is 16.5. The van der Waals surface area contributed by atoms with E-state index in [4.69, 9.17) is 15.2 Å². The van der Waals surface area contributed by atoms with Crippen molar-refractivity contribution in [1.29, 1.82) is 0 Å². The first-order valence-corrected chi connectivity index (χ1v) is 11.0. The Morgan fingerprint density at radius 3 is 2.53 bits per heavy atom. The topological polar surface area (TPSA) is 127 Å². The first-order valence-electron chi connectivity index (χ1n) is 9.52. The maximum atomic E-state index is 12.9. The van der Waals surface area contributed by atoms with Crippen molar-refractivity contribution < 1.29 is 27.8 Å². The quantitative estimate of drug-likeness (QED) is 0.647. The standard InChI is InChI=1S/C19H24N4O6S/c1-21-10-14(9-15(21)19(20)25)30(26,27)23-6-4-22(5-7-23)11-16(24)13-2-3-17-18(8-13)29-12-28-17/h2-3,8-10,16,24H,4-7,11-12H2,1H3,(H2,20,25)/t16-/m0/s1. The Balaban J connectivity index is 1.37. The van der Waals surface area contributed by atoms with Crippen molar-refractivity contribution in [3.63, 3.8) is 0 Å². The molecule has 0 aliphatic carbocycles. The molecule has 0 unspecified atom stereocenters. The van der Waals surface area contributed by atoms with E-state index < -0.39 is 22.0 Å². The number of nitrogens with two attached hydrogens (primary N) is 1. The van der Waals surface area contributed by atoms with Crippen molar-refractivity contribution >= 4 is 15.9 Å². The van der Waals surface area contributed by atoms with Gasteiger partial charge in [-0.2, -0.15) is 4.31 Å². The van der Waals surface area contributed by atoms with Crippen LogP contribution in [-0.4, -0.2) is 72.7 Å². The number of carbonyl (C=O) groups is 1. The minimum Gasteiger partial charge on any atom is -0.454 e. The Hall–Kier alpha value is -2.60. The van der Waals surface area contributed by atoms with Crippen LogP contribution in [0.15, 0.2) is 35.4 Å². The van der Waals surface area contributed by atoms with E-state index >= 15 is 0 Å². The van der Waals surface area contributed by atoms with E-state index in [2.05, 4.69) is 0 Å². The number of benzene rings is 1. The van der Waals surface area contributed by atoms with E-state index in [9.17, 15) is 18.3 Å². The molecule has 1 fully saturated rings. The third-order valence-electron chi connectivity index (χ3n) is 5.41. The van der Waals surface area contributed by atoms with E-state index in [0.717, 1.165) is 5.56 Å². The number of aliphatic hydroxyl groups is 1. The van der Waals surface area contributed by atoms with Crippen LogP contribution in [0.5, 0.6) is 11.5 Å². The number of β-amino-alcohol motifs (C(OH)–C–C–N with tert-alkyl or cyclic N) is 1. The lowest BCUT2D eigenvalue weighted by atomic mass is 10.1. The lowest BCUT2D eigenvalue weighted by Gasteiger charge is -2.34. The van der Waals surface area contributed by atoms with Crippen molar-refractivity contribution in [2.45, 2.75) is 11.0 Å². The zero-order chi connectivity index (χ0) is 21.5. The third-order valence-corrected chi connectivity index (χ3v) is 7.28. The van der Waals surface area contributed by atoms with E-state index in [1.54, 1.807) is 25.2 Å². The Labute approximate surface area is 174 Å². The predicted octanol–water partition coefficient (Wildman–Crippen LogP) is -0.107. The minimum atomic E-state index is -3.72. The number of ether oxygens (including phenoxy) is 2. The largest absolute Gasteiger partial charge is 0.454 e. The van der Waals surface area contributed by atoms with Gasteiger partial charge >= 0.3 is 0 Å². The van der Waals surface area contributed by atoms with Crippen LogP contribution in [0.25, 0.3) is 0 Å². The molecule has 30 heavy (non-hydrogen) atoms. The molecule has 1 aromatic heterocycles. The first kappa shape index (κ1) is 20.7. The number of primary amides is 1. The molecule has 3 heterocycles. The fourth-order valence-corrected chi connectivity index (χ4v) is 5.19. The monoisotopic (exact) mass is 436 g/mol. The highest BCUT2D eigenvalue weighted by Gasteiger charge is 2.31. The molecule has 1 amide bonds. The lowest BCUT2D eigenvalue weighted by molar-refractivity contribution is 0.0919. The maximum absolute atomic E-state index is 12.9. The normalized spacial score (nSPS) is 18.5. The Morgan fingerprint density at radius 1 is 1.17 bits per heavy atom. The number of aryl methyl sites for hydroxylation is 1.